The molecule has 0 saturated heterocycles. The number of hydrogen-bond acceptors (Lipinski definition) is 3. The molecule has 1 aliphatic rings. The lowest BCUT2D eigenvalue weighted by Gasteiger charge is -2.34. The van der Waals surface area contributed by atoms with E-state index in [0.29, 0.717) is 0 Å². The van der Waals surface area contributed by atoms with E-state index < -0.39 is 23.5 Å². The Morgan fingerprint density at radius 2 is 1.81 bits per heavy atom. The van der Waals surface area contributed by atoms with Crippen LogP contribution >= 0.6 is 0 Å². The minimum absolute atomic E-state index is 0.0495. The maximum Gasteiger partial charge on any atom is 0.194 e. The normalized spacial score (nSPS) is 24.0. The van der Waals surface area contributed by atoms with E-state index >= 15 is 0 Å². The van der Waals surface area contributed by atoms with Gasteiger partial charge in [-0.05, 0) is 36.5 Å². The largest absolute Gasteiger partial charge is 0.396 e. The number of rotatable bonds is 5. The highest BCUT2D eigenvalue weighted by molar-refractivity contribution is 5.23. The molecular weight excluding hydrogens is 281 g/mol. The van der Waals surface area contributed by atoms with E-state index in [9.17, 15) is 18.3 Å². The first kappa shape index (κ1) is 16.3. The number of nitrogens with two attached hydrogens (primary N) is 1. The molecule has 1 aromatic rings. The molecule has 0 aliphatic heterocycles. The standard InChI is InChI=1S/C15H21F3N2O/c16-11-5-10(6-12(17)15(11)18)14(7-19)20-13-4-2-1-3-9(13)8-21/h5-6,9,13-14,20-21H,1-4,7-8,19H2. The second-order valence-corrected chi connectivity index (χ2v) is 5.59. The Kier molecular flexibility index (Phi) is 5.61. The van der Waals surface area contributed by atoms with Gasteiger partial charge in [0.15, 0.2) is 17.5 Å². The fraction of sp³-hybridized carbons (Fsp3) is 0.600. The molecule has 1 aromatic carbocycles. The van der Waals surface area contributed by atoms with Crippen LogP contribution in [0.1, 0.15) is 37.3 Å². The van der Waals surface area contributed by atoms with Crippen molar-refractivity contribution in [3.05, 3.63) is 35.1 Å². The lowest BCUT2D eigenvalue weighted by atomic mass is 9.84. The summed E-state index contributed by atoms with van der Waals surface area (Å²) in [6.45, 7) is 0.209. The van der Waals surface area contributed by atoms with Crippen LogP contribution in [-0.4, -0.2) is 24.3 Å². The van der Waals surface area contributed by atoms with Crippen molar-refractivity contribution < 1.29 is 18.3 Å². The lowest BCUT2D eigenvalue weighted by Crippen LogP contribution is -2.44. The second kappa shape index (κ2) is 7.24. The Balaban J connectivity index is 2.15. The summed E-state index contributed by atoms with van der Waals surface area (Å²) >= 11 is 0. The minimum atomic E-state index is -1.47. The van der Waals surface area contributed by atoms with Crippen LogP contribution in [-0.2, 0) is 0 Å². The molecule has 0 heterocycles. The van der Waals surface area contributed by atoms with Crippen molar-refractivity contribution in [2.24, 2.45) is 11.7 Å². The van der Waals surface area contributed by atoms with Crippen molar-refractivity contribution in [1.29, 1.82) is 0 Å². The molecule has 0 radical (unpaired) electrons. The van der Waals surface area contributed by atoms with Gasteiger partial charge >= 0.3 is 0 Å². The monoisotopic (exact) mass is 302 g/mol. The summed E-state index contributed by atoms with van der Waals surface area (Å²) < 4.78 is 39.7. The zero-order valence-corrected chi connectivity index (χ0v) is 11.8. The second-order valence-electron chi connectivity index (χ2n) is 5.59. The van der Waals surface area contributed by atoms with Crippen molar-refractivity contribution in [2.45, 2.75) is 37.8 Å². The van der Waals surface area contributed by atoms with Crippen molar-refractivity contribution in [3.63, 3.8) is 0 Å². The van der Waals surface area contributed by atoms with E-state index in [1.165, 1.54) is 0 Å². The van der Waals surface area contributed by atoms with E-state index in [4.69, 9.17) is 5.73 Å². The summed E-state index contributed by atoms with van der Waals surface area (Å²) in [7, 11) is 0. The number of nitrogens with one attached hydrogen (secondary N) is 1. The smallest absolute Gasteiger partial charge is 0.194 e. The maximum absolute atomic E-state index is 13.3. The Labute approximate surface area is 122 Å². The van der Waals surface area contributed by atoms with Gasteiger partial charge in [0.2, 0.25) is 0 Å². The topological polar surface area (TPSA) is 58.3 Å². The summed E-state index contributed by atoms with van der Waals surface area (Å²) in [4.78, 5) is 0. The Morgan fingerprint density at radius 3 is 2.38 bits per heavy atom. The Morgan fingerprint density at radius 1 is 1.19 bits per heavy atom. The first-order chi connectivity index (χ1) is 10.1. The molecule has 2 rings (SSSR count). The summed E-state index contributed by atoms with van der Waals surface area (Å²) in [6, 6.07) is 1.53. The first-order valence-electron chi connectivity index (χ1n) is 7.28. The first-order valence-corrected chi connectivity index (χ1v) is 7.28. The van der Waals surface area contributed by atoms with Crippen LogP contribution in [0.5, 0.6) is 0 Å². The predicted molar refractivity (Wildman–Crippen MR) is 74.1 cm³/mol. The average molecular weight is 302 g/mol. The van der Waals surface area contributed by atoms with Crippen LogP contribution in [0.4, 0.5) is 13.2 Å². The number of benzene rings is 1. The van der Waals surface area contributed by atoms with Gasteiger partial charge in [-0.1, -0.05) is 12.8 Å². The van der Waals surface area contributed by atoms with Crippen LogP contribution in [0.15, 0.2) is 12.1 Å². The van der Waals surface area contributed by atoms with E-state index in [1.54, 1.807) is 0 Å². The molecule has 118 valence electrons. The number of aliphatic hydroxyl groups excluding tert-OH is 1. The van der Waals surface area contributed by atoms with Gasteiger partial charge in [-0.2, -0.15) is 0 Å². The highest BCUT2D eigenvalue weighted by atomic mass is 19.2. The van der Waals surface area contributed by atoms with Gasteiger partial charge in [-0.25, -0.2) is 13.2 Å². The van der Waals surface area contributed by atoms with Crippen molar-refractivity contribution >= 4 is 0 Å². The van der Waals surface area contributed by atoms with Gasteiger partial charge in [0.1, 0.15) is 0 Å². The molecule has 1 aliphatic carbocycles. The van der Waals surface area contributed by atoms with Gasteiger partial charge in [0.25, 0.3) is 0 Å². The molecule has 1 saturated carbocycles. The quantitative estimate of drug-likeness (QED) is 0.731. The van der Waals surface area contributed by atoms with E-state index in [1.807, 2.05) is 0 Å². The maximum atomic E-state index is 13.3. The molecule has 3 unspecified atom stereocenters. The van der Waals surface area contributed by atoms with E-state index in [2.05, 4.69) is 5.32 Å². The molecular formula is C15H21F3N2O. The van der Waals surface area contributed by atoms with Crippen LogP contribution in [0.25, 0.3) is 0 Å². The Hall–Kier alpha value is -1.11. The predicted octanol–water partition coefficient (Wildman–Crippen LogP) is 2.24. The molecule has 1 fully saturated rings. The molecule has 6 heteroatoms. The molecule has 4 N–H and O–H groups in total. The van der Waals surface area contributed by atoms with Crippen LogP contribution < -0.4 is 11.1 Å². The molecule has 3 atom stereocenters. The number of aliphatic hydroxyl groups is 1. The third-order valence-corrected chi connectivity index (χ3v) is 4.20. The SMILES string of the molecule is NCC(NC1CCCCC1CO)c1cc(F)c(F)c(F)c1. The highest BCUT2D eigenvalue weighted by Gasteiger charge is 2.27. The van der Waals surface area contributed by atoms with Crippen LogP contribution in [0.2, 0.25) is 0 Å². The fourth-order valence-corrected chi connectivity index (χ4v) is 2.98. The lowest BCUT2D eigenvalue weighted by molar-refractivity contribution is 0.146. The van der Waals surface area contributed by atoms with Gasteiger partial charge < -0.3 is 16.2 Å². The number of hydrogen-bond donors (Lipinski definition) is 3. The van der Waals surface area contributed by atoms with Gasteiger partial charge in [-0.3, -0.25) is 0 Å². The van der Waals surface area contributed by atoms with E-state index in [0.717, 1.165) is 37.8 Å². The minimum Gasteiger partial charge on any atom is -0.396 e. The summed E-state index contributed by atoms with van der Waals surface area (Å²) in [6.07, 6.45) is 3.90. The van der Waals surface area contributed by atoms with Crippen molar-refractivity contribution in [3.8, 4) is 0 Å². The van der Waals surface area contributed by atoms with E-state index in [-0.39, 0.29) is 30.7 Å². The molecule has 0 spiro atoms. The Bertz CT molecular complexity index is 461. The molecule has 3 nitrogen and oxygen atoms in total. The summed E-state index contributed by atoms with van der Waals surface area (Å²) in [5, 5.41) is 12.7. The third kappa shape index (κ3) is 3.75. The molecule has 0 amide bonds. The van der Waals surface area contributed by atoms with Crippen molar-refractivity contribution in [1.82, 2.24) is 5.32 Å². The highest BCUT2D eigenvalue weighted by Crippen LogP contribution is 2.27. The molecule has 0 aromatic heterocycles. The van der Waals surface area contributed by atoms with Gasteiger partial charge in [0.05, 0.1) is 0 Å². The van der Waals surface area contributed by atoms with Crippen molar-refractivity contribution in [2.75, 3.05) is 13.2 Å². The zero-order chi connectivity index (χ0) is 15.4. The average Bonchev–Trinajstić information content (AvgIpc) is 2.50. The van der Waals surface area contributed by atoms with Crippen LogP contribution in [0, 0.1) is 23.4 Å². The van der Waals surface area contributed by atoms with Gasteiger partial charge in [0, 0.05) is 25.2 Å². The zero-order valence-electron chi connectivity index (χ0n) is 11.8. The van der Waals surface area contributed by atoms with Gasteiger partial charge in [-0.15, -0.1) is 0 Å². The number of halogens is 3. The summed E-state index contributed by atoms with van der Waals surface area (Å²) in [5.41, 5.74) is 5.97. The third-order valence-electron chi connectivity index (χ3n) is 4.20. The molecule has 0 bridgehead atoms. The van der Waals surface area contributed by atoms with Crippen LogP contribution in [0.3, 0.4) is 0 Å². The fourth-order valence-electron chi connectivity index (χ4n) is 2.98. The molecule has 21 heavy (non-hydrogen) atoms. The summed E-state index contributed by atoms with van der Waals surface area (Å²) in [5.74, 6) is -3.79.